The Labute approximate surface area is 224 Å². The number of piperidine rings is 1. The Morgan fingerprint density at radius 2 is 1.78 bits per heavy atom. The molecule has 8 heteroatoms. The van der Waals surface area contributed by atoms with Crippen LogP contribution in [0, 0.1) is 10.8 Å². The number of benzene rings is 1. The maximum atomic E-state index is 13.4. The summed E-state index contributed by atoms with van der Waals surface area (Å²) < 4.78 is 5.25. The summed E-state index contributed by atoms with van der Waals surface area (Å²) >= 11 is 1.72. The number of rotatable bonds is 9. The summed E-state index contributed by atoms with van der Waals surface area (Å²) in [6.45, 7) is 6.43. The fourth-order valence-electron chi connectivity index (χ4n) is 5.50. The lowest BCUT2D eigenvalue weighted by atomic mass is 9.77. The second kappa shape index (κ2) is 11.1. The van der Waals surface area contributed by atoms with Crippen LogP contribution in [0.25, 0.3) is 0 Å². The molecule has 1 aromatic heterocycles. The van der Waals surface area contributed by atoms with Crippen LogP contribution in [0.1, 0.15) is 61.9 Å². The molecule has 0 radical (unpaired) electrons. The zero-order chi connectivity index (χ0) is 24.5. The van der Waals surface area contributed by atoms with E-state index in [1.807, 2.05) is 29.2 Å². The van der Waals surface area contributed by atoms with Gasteiger partial charge in [-0.25, -0.2) is 0 Å². The average Bonchev–Trinajstić information content (AvgIpc) is 3.28. The molecule has 5 rings (SSSR count). The maximum absolute atomic E-state index is 13.4. The molecule has 1 spiro atoms. The molecule has 0 bridgehead atoms. The van der Waals surface area contributed by atoms with Crippen LogP contribution in [0.15, 0.2) is 41.8 Å². The Morgan fingerprint density at radius 1 is 1.08 bits per heavy atom. The molecule has 3 fully saturated rings. The highest BCUT2D eigenvalue weighted by atomic mass is 35.5. The Hall–Kier alpha value is -2.09. The molecule has 1 aliphatic carbocycles. The van der Waals surface area contributed by atoms with Gasteiger partial charge in [0.25, 0.3) is 0 Å². The van der Waals surface area contributed by atoms with E-state index in [1.165, 1.54) is 4.88 Å². The van der Waals surface area contributed by atoms with Gasteiger partial charge in [0, 0.05) is 29.9 Å². The van der Waals surface area contributed by atoms with Crippen molar-refractivity contribution < 1.29 is 14.3 Å². The van der Waals surface area contributed by atoms with Crippen molar-refractivity contribution in [1.82, 2.24) is 15.1 Å². The van der Waals surface area contributed by atoms with Gasteiger partial charge >= 0.3 is 0 Å². The van der Waals surface area contributed by atoms with Crippen molar-refractivity contribution in [3.8, 4) is 5.75 Å². The van der Waals surface area contributed by atoms with E-state index in [9.17, 15) is 9.59 Å². The molecular weight excluding hydrogens is 494 g/mol. The highest BCUT2D eigenvalue weighted by Gasteiger charge is 2.48. The van der Waals surface area contributed by atoms with E-state index in [-0.39, 0.29) is 35.2 Å². The van der Waals surface area contributed by atoms with Gasteiger partial charge in [-0.2, -0.15) is 0 Å². The summed E-state index contributed by atoms with van der Waals surface area (Å²) in [5.74, 6) is 1.37. The lowest BCUT2D eigenvalue weighted by Gasteiger charge is -2.38. The van der Waals surface area contributed by atoms with Crippen LogP contribution >= 0.6 is 23.7 Å². The topological polar surface area (TPSA) is 61.9 Å². The summed E-state index contributed by atoms with van der Waals surface area (Å²) in [5.41, 5.74) is 0.800. The molecule has 2 aromatic rings. The highest BCUT2D eigenvalue weighted by molar-refractivity contribution is 7.10. The van der Waals surface area contributed by atoms with Gasteiger partial charge in [0.1, 0.15) is 5.75 Å². The van der Waals surface area contributed by atoms with Crippen LogP contribution < -0.4 is 10.1 Å². The molecule has 36 heavy (non-hydrogen) atoms. The lowest BCUT2D eigenvalue weighted by molar-refractivity contribution is -0.139. The summed E-state index contributed by atoms with van der Waals surface area (Å²) in [5, 5.41) is 5.41. The number of hydrogen-bond donors (Lipinski definition) is 1. The van der Waals surface area contributed by atoms with Crippen LogP contribution in [-0.4, -0.2) is 54.9 Å². The van der Waals surface area contributed by atoms with Crippen LogP contribution in [0.3, 0.4) is 0 Å². The predicted molar refractivity (Wildman–Crippen MR) is 146 cm³/mol. The second-order valence-electron chi connectivity index (χ2n) is 10.8. The molecule has 3 aliphatic rings. The second-order valence-corrected chi connectivity index (χ2v) is 11.8. The first-order valence-corrected chi connectivity index (χ1v) is 13.8. The minimum absolute atomic E-state index is 0. The molecule has 3 heterocycles. The molecule has 1 N–H and O–H groups in total. The van der Waals surface area contributed by atoms with Gasteiger partial charge in [0.05, 0.1) is 18.6 Å². The number of thiophene rings is 1. The van der Waals surface area contributed by atoms with Gasteiger partial charge in [-0.3, -0.25) is 9.59 Å². The summed E-state index contributed by atoms with van der Waals surface area (Å²) in [6.07, 6.45) is 5.72. The Kier molecular flexibility index (Phi) is 8.32. The Morgan fingerprint density at radius 3 is 2.39 bits per heavy atom. The van der Waals surface area contributed by atoms with Gasteiger partial charge < -0.3 is 19.9 Å². The largest absolute Gasteiger partial charge is 0.497 e. The van der Waals surface area contributed by atoms with E-state index in [0.717, 1.165) is 76.0 Å². The number of methoxy groups -OCH3 is 1. The number of halogens is 1. The molecule has 1 atom stereocenters. The first kappa shape index (κ1) is 27.0. The number of carbonyl (C=O) groups is 2. The third kappa shape index (κ3) is 5.74. The smallest absolute Gasteiger partial charge is 0.229 e. The zero-order valence-electron chi connectivity index (χ0n) is 21.3. The first-order valence-electron chi connectivity index (χ1n) is 12.9. The zero-order valence-corrected chi connectivity index (χ0v) is 23.0. The average molecular weight is 532 g/mol. The summed E-state index contributed by atoms with van der Waals surface area (Å²) in [6, 6.07) is 12.3. The van der Waals surface area contributed by atoms with E-state index in [1.54, 1.807) is 18.4 Å². The number of nitrogens with zero attached hydrogens (tertiary/aromatic N) is 2. The van der Waals surface area contributed by atoms with Gasteiger partial charge in [0.15, 0.2) is 0 Å². The van der Waals surface area contributed by atoms with Gasteiger partial charge in [-0.05, 0) is 80.8 Å². The van der Waals surface area contributed by atoms with E-state index in [2.05, 4.69) is 34.7 Å². The monoisotopic (exact) mass is 531 g/mol. The molecular formula is C28H38ClN3O3S. The van der Waals surface area contributed by atoms with E-state index >= 15 is 0 Å². The SMILES string of the molecule is COc1ccc(CN2CCC3(CCN(CCC(NC(=O)C4(C)CC4)c4cccs4)CC3)C2=O)cc1.Cl. The highest BCUT2D eigenvalue weighted by Crippen LogP contribution is 2.46. The van der Waals surface area contributed by atoms with Crippen molar-refractivity contribution in [3.63, 3.8) is 0 Å². The van der Waals surface area contributed by atoms with Crippen molar-refractivity contribution in [2.75, 3.05) is 33.3 Å². The quantitative estimate of drug-likeness (QED) is 0.492. The van der Waals surface area contributed by atoms with Crippen molar-refractivity contribution in [2.45, 2.75) is 58.0 Å². The van der Waals surface area contributed by atoms with Crippen LogP contribution in [0.4, 0.5) is 0 Å². The Bertz CT molecular complexity index is 1030. The number of hydrogen-bond acceptors (Lipinski definition) is 5. The number of carbonyl (C=O) groups excluding carboxylic acids is 2. The van der Waals surface area contributed by atoms with E-state index < -0.39 is 0 Å². The van der Waals surface area contributed by atoms with E-state index in [0.29, 0.717) is 12.5 Å². The third-order valence-corrected chi connectivity index (χ3v) is 9.41. The minimum Gasteiger partial charge on any atom is -0.497 e. The maximum Gasteiger partial charge on any atom is 0.229 e. The molecule has 1 unspecified atom stereocenters. The number of likely N-dealkylation sites (tertiary alicyclic amines) is 2. The minimum atomic E-state index is -0.190. The lowest BCUT2D eigenvalue weighted by Crippen LogP contribution is -2.45. The fourth-order valence-corrected chi connectivity index (χ4v) is 6.31. The third-order valence-electron chi connectivity index (χ3n) is 8.42. The molecule has 1 saturated carbocycles. The predicted octanol–water partition coefficient (Wildman–Crippen LogP) is 5.04. The van der Waals surface area contributed by atoms with Crippen LogP contribution in [0.2, 0.25) is 0 Å². The molecule has 6 nitrogen and oxygen atoms in total. The van der Waals surface area contributed by atoms with Gasteiger partial charge in [0.2, 0.25) is 11.8 Å². The number of ether oxygens (including phenoxy) is 1. The molecule has 196 valence electrons. The normalized spacial score (nSPS) is 21.2. The molecule has 2 amide bonds. The van der Waals surface area contributed by atoms with Crippen molar-refractivity contribution in [2.24, 2.45) is 10.8 Å². The standard InChI is InChI=1S/C28H37N3O3S.ClH/c1-27(10-11-27)25(32)29-23(24-4-3-19-35-24)9-15-30-16-12-28(13-17-30)14-18-31(26(28)33)20-21-5-7-22(34-2)8-6-21;/h3-8,19,23H,9-18,20H2,1-2H3,(H,29,32);1H. The molecule has 2 saturated heterocycles. The van der Waals surface area contributed by atoms with Crippen LogP contribution in [-0.2, 0) is 16.1 Å². The summed E-state index contributed by atoms with van der Waals surface area (Å²) in [4.78, 5) is 31.9. The summed E-state index contributed by atoms with van der Waals surface area (Å²) in [7, 11) is 1.67. The van der Waals surface area contributed by atoms with Crippen LogP contribution in [0.5, 0.6) is 5.75 Å². The van der Waals surface area contributed by atoms with Crippen molar-refractivity contribution in [3.05, 3.63) is 52.2 Å². The first-order chi connectivity index (χ1) is 16.9. The molecule has 1 aromatic carbocycles. The van der Waals surface area contributed by atoms with Gasteiger partial charge in [-0.15, -0.1) is 23.7 Å². The fraction of sp³-hybridized carbons (Fsp3) is 0.571. The Balaban J connectivity index is 0.00000304. The molecule has 2 aliphatic heterocycles. The van der Waals surface area contributed by atoms with Crippen molar-refractivity contribution >= 4 is 35.6 Å². The van der Waals surface area contributed by atoms with Gasteiger partial charge in [-0.1, -0.05) is 25.1 Å². The van der Waals surface area contributed by atoms with E-state index in [4.69, 9.17) is 4.74 Å². The number of nitrogens with one attached hydrogen (secondary N) is 1. The number of amides is 2. The van der Waals surface area contributed by atoms with Crippen molar-refractivity contribution in [1.29, 1.82) is 0 Å².